The Morgan fingerprint density at radius 1 is 1.00 bits per heavy atom. The number of pyridine rings is 1. The van der Waals surface area contributed by atoms with Crippen molar-refractivity contribution in [2.45, 2.75) is 29.9 Å². The number of alkyl halides is 3. The highest BCUT2D eigenvalue weighted by Gasteiger charge is 2.43. The third-order valence-electron chi connectivity index (χ3n) is 4.80. The van der Waals surface area contributed by atoms with Crippen LogP contribution in [0.2, 0.25) is 0 Å². The van der Waals surface area contributed by atoms with Crippen molar-refractivity contribution in [2.75, 3.05) is 4.90 Å². The van der Waals surface area contributed by atoms with E-state index in [9.17, 15) is 22.8 Å². The van der Waals surface area contributed by atoms with Crippen molar-refractivity contribution in [1.82, 2.24) is 9.88 Å². The van der Waals surface area contributed by atoms with E-state index in [4.69, 9.17) is 0 Å². The molecule has 1 aliphatic heterocycles. The molecule has 3 aromatic rings. The summed E-state index contributed by atoms with van der Waals surface area (Å²) < 4.78 is 37.5. The molecule has 0 aliphatic carbocycles. The zero-order valence-corrected chi connectivity index (χ0v) is 16.6. The molecule has 0 radical (unpaired) electrons. The van der Waals surface area contributed by atoms with E-state index in [1.165, 1.54) is 29.2 Å². The van der Waals surface area contributed by atoms with Gasteiger partial charge >= 0.3 is 11.5 Å². The first kappa shape index (κ1) is 20.2. The molecule has 1 aromatic heterocycles. The predicted octanol–water partition coefficient (Wildman–Crippen LogP) is 5.20. The van der Waals surface area contributed by atoms with Gasteiger partial charge in [-0.05, 0) is 55.1 Å². The van der Waals surface area contributed by atoms with Crippen molar-refractivity contribution < 1.29 is 22.8 Å². The minimum atomic E-state index is -4.40. The highest BCUT2D eigenvalue weighted by atomic mass is 32.2. The van der Waals surface area contributed by atoms with Gasteiger partial charge in [0.05, 0.1) is 23.4 Å². The van der Waals surface area contributed by atoms with E-state index >= 15 is 0 Å². The molecule has 1 saturated heterocycles. The second-order valence-corrected chi connectivity index (χ2v) is 7.94. The van der Waals surface area contributed by atoms with Crippen LogP contribution in [0.15, 0.2) is 65.6 Å². The Morgan fingerprint density at radius 3 is 2.40 bits per heavy atom. The number of anilines is 1. The van der Waals surface area contributed by atoms with Gasteiger partial charge in [-0.3, -0.25) is 9.78 Å². The molecule has 9 heteroatoms. The Labute approximate surface area is 174 Å². The van der Waals surface area contributed by atoms with Crippen molar-refractivity contribution in [3.8, 4) is 0 Å². The highest BCUT2D eigenvalue weighted by Crippen LogP contribution is 2.38. The van der Waals surface area contributed by atoms with Gasteiger partial charge < -0.3 is 4.90 Å². The second kappa shape index (κ2) is 7.64. The number of carbonyl (C=O) groups excluding carboxylic acids is 2. The van der Waals surface area contributed by atoms with E-state index in [0.29, 0.717) is 5.69 Å². The summed E-state index contributed by atoms with van der Waals surface area (Å²) in [5, 5.41) is 0.969. The maximum atomic E-state index is 12.9. The Hall–Kier alpha value is -3.07. The number of amides is 3. The molecule has 5 nitrogen and oxygen atoms in total. The number of fused-ring (bicyclic) bond motifs is 1. The fourth-order valence-electron chi connectivity index (χ4n) is 3.32. The van der Waals surface area contributed by atoms with E-state index in [1.54, 1.807) is 13.0 Å². The summed E-state index contributed by atoms with van der Waals surface area (Å²) in [6, 6.07) is 15.2. The van der Waals surface area contributed by atoms with E-state index in [0.717, 1.165) is 15.8 Å². The van der Waals surface area contributed by atoms with Gasteiger partial charge in [-0.1, -0.05) is 24.3 Å². The molecule has 154 valence electrons. The van der Waals surface area contributed by atoms with Crippen LogP contribution in [0.5, 0.6) is 0 Å². The van der Waals surface area contributed by atoms with Gasteiger partial charge in [0, 0.05) is 10.3 Å². The van der Waals surface area contributed by atoms with Gasteiger partial charge in [0.15, 0.2) is 0 Å². The predicted molar refractivity (Wildman–Crippen MR) is 108 cm³/mol. The Morgan fingerprint density at radius 2 is 1.70 bits per heavy atom. The summed E-state index contributed by atoms with van der Waals surface area (Å²) in [6.07, 6.45) is 0. The quantitative estimate of drug-likeness (QED) is 0.421. The number of thioether (sulfide) groups is 1. The summed E-state index contributed by atoms with van der Waals surface area (Å²) in [5.74, 6) is -0.433. The van der Waals surface area contributed by atoms with Gasteiger partial charge in [-0.25, -0.2) is 9.69 Å². The van der Waals surface area contributed by atoms with Gasteiger partial charge in [-0.15, -0.1) is 0 Å². The average molecular weight is 431 g/mol. The molecule has 2 heterocycles. The zero-order valence-electron chi connectivity index (χ0n) is 15.8. The number of aromatic nitrogens is 1. The van der Waals surface area contributed by atoms with Crippen LogP contribution in [-0.2, 0) is 11.3 Å². The molecule has 30 heavy (non-hydrogen) atoms. The number of benzene rings is 2. The van der Waals surface area contributed by atoms with Crippen molar-refractivity contribution in [3.05, 3.63) is 66.4 Å². The lowest BCUT2D eigenvalue weighted by atomic mass is 10.2. The largest absolute Gasteiger partial charge is 0.446 e. The van der Waals surface area contributed by atoms with Crippen molar-refractivity contribution in [3.63, 3.8) is 0 Å². The molecular weight excluding hydrogens is 415 g/mol. The Kier molecular flexibility index (Phi) is 5.15. The monoisotopic (exact) mass is 431 g/mol. The number of rotatable bonds is 4. The molecule has 0 N–H and O–H groups in total. The molecule has 0 unspecified atom stereocenters. The molecule has 0 spiro atoms. The van der Waals surface area contributed by atoms with Crippen LogP contribution in [0.3, 0.4) is 0 Å². The topological polar surface area (TPSA) is 53.5 Å². The highest BCUT2D eigenvalue weighted by molar-refractivity contribution is 8.00. The van der Waals surface area contributed by atoms with Crippen molar-refractivity contribution >= 4 is 40.3 Å². The minimum Gasteiger partial charge on any atom is -0.306 e. The van der Waals surface area contributed by atoms with Crippen LogP contribution in [0, 0.1) is 0 Å². The lowest BCUT2D eigenvalue weighted by Crippen LogP contribution is -2.33. The molecule has 4 rings (SSSR count). The maximum Gasteiger partial charge on any atom is 0.446 e. The van der Waals surface area contributed by atoms with Gasteiger partial charge in [-0.2, -0.15) is 13.2 Å². The van der Waals surface area contributed by atoms with Gasteiger partial charge in [0.1, 0.15) is 6.04 Å². The molecule has 0 bridgehead atoms. The first-order chi connectivity index (χ1) is 14.2. The third-order valence-corrected chi connectivity index (χ3v) is 5.54. The number of hydrogen-bond donors (Lipinski definition) is 0. The first-order valence-electron chi connectivity index (χ1n) is 9.08. The van der Waals surface area contributed by atoms with E-state index in [-0.39, 0.29) is 28.9 Å². The summed E-state index contributed by atoms with van der Waals surface area (Å²) >= 11 is -0.250. The number of carbonyl (C=O) groups is 2. The Balaban J connectivity index is 1.55. The number of nitrogens with zero attached hydrogens (tertiary/aromatic N) is 3. The van der Waals surface area contributed by atoms with E-state index in [2.05, 4.69) is 4.98 Å². The molecule has 1 atom stereocenters. The average Bonchev–Trinajstić information content (AvgIpc) is 2.91. The number of hydrogen-bond acceptors (Lipinski definition) is 4. The summed E-state index contributed by atoms with van der Waals surface area (Å²) in [7, 11) is 0. The second-order valence-electron chi connectivity index (χ2n) is 6.80. The molecule has 1 fully saturated rings. The van der Waals surface area contributed by atoms with Crippen LogP contribution in [-0.4, -0.2) is 33.4 Å². The molecule has 1 aliphatic rings. The number of urea groups is 1. The standard InChI is InChI=1S/C21H16F3N3O2S/c1-13-19(28)27(16-8-10-17(11-9-16)30-21(22,23)24)20(29)26(13)12-15-7-6-14-4-2-3-5-18(14)25-15/h2-11,13H,12H2,1H3/t13-/m1/s1. The van der Waals surface area contributed by atoms with E-state index in [1.807, 2.05) is 30.3 Å². The smallest absolute Gasteiger partial charge is 0.306 e. The van der Waals surface area contributed by atoms with Crippen molar-refractivity contribution in [1.29, 1.82) is 0 Å². The SMILES string of the molecule is C[C@@H]1C(=O)N(c2ccc(SC(F)(F)F)cc2)C(=O)N1Cc1ccc2ccccc2n1. The van der Waals surface area contributed by atoms with Crippen LogP contribution >= 0.6 is 11.8 Å². The minimum absolute atomic E-state index is 0.0180. The fraction of sp³-hybridized carbons (Fsp3) is 0.190. The van der Waals surface area contributed by atoms with Gasteiger partial charge in [0.25, 0.3) is 5.91 Å². The zero-order chi connectivity index (χ0) is 21.5. The summed E-state index contributed by atoms with van der Waals surface area (Å²) in [6.45, 7) is 1.77. The normalized spacial score (nSPS) is 17.3. The first-order valence-corrected chi connectivity index (χ1v) is 9.89. The summed E-state index contributed by atoms with van der Waals surface area (Å²) in [5.41, 5.74) is -2.74. The third kappa shape index (κ3) is 3.97. The number of para-hydroxylation sites is 1. The van der Waals surface area contributed by atoms with Crippen LogP contribution < -0.4 is 4.90 Å². The van der Waals surface area contributed by atoms with Gasteiger partial charge in [0.2, 0.25) is 0 Å². The molecule has 0 saturated carbocycles. The molecular formula is C21H16F3N3O2S. The Bertz CT molecular complexity index is 1120. The molecule has 2 aromatic carbocycles. The fourth-order valence-corrected chi connectivity index (χ4v) is 3.86. The van der Waals surface area contributed by atoms with E-state index < -0.39 is 23.5 Å². The lowest BCUT2D eigenvalue weighted by molar-refractivity contribution is -0.119. The lowest BCUT2D eigenvalue weighted by Gasteiger charge is -2.19. The summed E-state index contributed by atoms with van der Waals surface area (Å²) in [4.78, 5) is 32.5. The number of halogens is 3. The van der Waals surface area contributed by atoms with Crippen molar-refractivity contribution in [2.24, 2.45) is 0 Å². The number of imide groups is 1. The maximum absolute atomic E-state index is 12.9. The van der Waals surface area contributed by atoms with Crippen LogP contribution in [0.4, 0.5) is 23.7 Å². The molecule has 3 amide bonds. The van der Waals surface area contributed by atoms with Crippen LogP contribution in [0.1, 0.15) is 12.6 Å². The van der Waals surface area contributed by atoms with Crippen LogP contribution in [0.25, 0.3) is 10.9 Å².